The smallest absolute Gasteiger partial charge is 0.211 e. The molecule has 9 nitrogen and oxygen atoms in total. The molecular formula is C20H27N5O4S. The predicted molar refractivity (Wildman–Crippen MR) is 115 cm³/mol. The Labute approximate surface area is 175 Å². The average Bonchev–Trinajstić information content (AvgIpc) is 3.04. The summed E-state index contributed by atoms with van der Waals surface area (Å²) in [4.78, 5) is 9.15. The van der Waals surface area contributed by atoms with Crippen LogP contribution in [0.25, 0.3) is 21.9 Å². The minimum absolute atomic E-state index is 0.275. The van der Waals surface area contributed by atoms with Gasteiger partial charge in [0.15, 0.2) is 5.82 Å². The lowest BCUT2D eigenvalue weighted by atomic mass is 9.92. The molecule has 3 aromatic rings. The van der Waals surface area contributed by atoms with Crippen LogP contribution in [0.3, 0.4) is 0 Å². The molecule has 0 atom stereocenters. The second-order valence-corrected chi connectivity index (χ2v) is 9.83. The van der Waals surface area contributed by atoms with E-state index in [1.807, 2.05) is 35.8 Å². The number of piperidine rings is 1. The Morgan fingerprint density at radius 2 is 1.93 bits per heavy atom. The minimum atomic E-state index is -3.27. The Morgan fingerprint density at radius 1 is 1.23 bits per heavy atom. The summed E-state index contributed by atoms with van der Waals surface area (Å²) in [5.41, 5.74) is 7.29. The third-order valence-electron chi connectivity index (χ3n) is 5.70. The van der Waals surface area contributed by atoms with Crippen LogP contribution in [0.15, 0.2) is 24.3 Å². The number of pyridine rings is 1. The highest BCUT2D eigenvalue weighted by atomic mass is 32.2. The number of ether oxygens (including phenoxy) is 1. The van der Waals surface area contributed by atoms with E-state index in [0.717, 1.165) is 16.4 Å². The molecule has 10 heteroatoms. The fourth-order valence-corrected chi connectivity index (χ4v) is 4.91. The third kappa shape index (κ3) is 3.87. The van der Waals surface area contributed by atoms with E-state index in [-0.39, 0.29) is 26.2 Å². The molecule has 1 aromatic carbocycles. The number of para-hydroxylation sites is 1. The highest BCUT2D eigenvalue weighted by Crippen LogP contribution is 2.32. The van der Waals surface area contributed by atoms with E-state index in [2.05, 4.69) is 9.97 Å². The zero-order valence-electron chi connectivity index (χ0n) is 17.2. The molecule has 1 aliphatic heterocycles. The number of rotatable bonds is 6. The van der Waals surface area contributed by atoms with Crippen LogP contribution in [-0.2, 0) is 27.9 Å². The standard InChI is InChI=1S/C20H27N5O4S/c1-3-29-12-16-23-17-18(14-6-4-5-7-15(14)22-19(17)21)25(16)13-20(26)8-10-24(11-9-20)30(2,27)28/h4-7,26H,3,8-13H2,1-2H3,(H2,21,22). The van der Waals surface area contributed by atoms with E-state index in [4.69, 9.17) is 10.5 Å². The van der Waals surface area contributed by atoms with Crippen LogP contribution in [0.1, 0.15) is 25.6 Å². The minimum Gasteiger partial charge on any atom is -0.388 e. The Balaban J connectivity index is 1.79. The van der Waals surface area contributed by atoms with E-state index >= 15 is 0 Å². The maximum atomic E-state index is 11.8. The van der Waals surface area contributed by atoms with Gasteiger partial charge in [-0.15, -0.1) is 0 Å². The molecule has 2 aromatic heterocycles. The van der Waals surface area contributed by atoms with Gasteiger partial charge in [0.2, 0.25) is 10.0 Å². The lowest BCUT2D eigenvalue weighted by molar-refractivity contribution is -0.0200. The molecule has 0 spiro atoms. The quantitative estimate of drug-likeness (QED) is 0.603. The van der Waals surface area contributed by atoms with Crippen LogP contribution in [0.5, 0.6) is 0 Å². The van der Waals surface area contributed by atoms with E-state index in [9.17, 15) is 13.5 Å². The van der Waals surface area contributed by atoms with Gasteiger partial charge in [-0.1, -0.05) is 18.2 Å². The summed E-state index contributed by atoms with van der Waals surface area (Å²) < 4.78 is 32.7. The molecule has 0 bridgehead atoms. The van der Waals surface area contributed by atoms with Crippen molar-refractivity contribution >= 4 is 37.8 Å². The lowest BCUT2D eigenvalue weighted by Crippen LogP contribution is -2.48. The molecule has 162 valence electrons. The van der Waals surface area contributed by atoms with Crippen LogP contribution in [-0.4, -0.2) is 63.9 Å². The molecule has 1 aliphatic rings. The van der Waals surface area contributed by atoms with Crippen LogP contribution in [0, 0.1) is 0 Å². The summed E-state index contributed by atoms with van der Waals surface area (Å²) in [6, 6.07) is 7.68. The Bertz CT molecular complexity index is 1180. The number of hydrogen-bond donors (Lipinski definition) is 2. The number of nitrogens with zero attached hydrogens (tertiary/aromatic N) is 4. The van der Waals surface area contributed by atoms with Gasteiger partial charge in [-0.3, -0.25) is 0 Å². The van der Waals surface area contributed by atoms with Crippen molar-refractivity contribution < 1.29 is 18.3 Å². The van der Waals surface area contributed by atoms with Crippen LogP contribution in [0.2, 0.25) is 0 Å². The molecule has 1 fully saturated rings. The maximum absolute atomic E-state index is 11.8. The molecule has 30 heavy (non-hydrogen) atoms. The first kappa shape index (κ1) is 21.0. The number of benzene rings is 1. The highest BCUT2D eigenvalue weighted by molar-refractivity contribution is 7.88. The highest BCUT2D eigenvalue weighted by Gasteiger charge is 2.36. The molecule has 0 radical (unpaired) electrons. The zero-order valence-corrected chi connectivity index (χ0v) is 18.0. The first-order valence-electron chi connectivity index (χ1n) is 10.0. The predicted octanol–water partition coefficient (Wildman–Crippen LogP) is 1.49. The maximum Gasteiger partial charge on any atom is 0.211 e. The van der Waals surface area contributed by atoms with Crippen molar-refractivity contribution in [2.75, 3.05) is 31.7 Å². The molecular weight excluding hydrogens is 406 g/mol. The number of nitrogen functional groups attached to an aromatic ring is 1. The third-order valence-corrected chi connectivity index (χ3v) is 7.00. The molecule has 0 unspecified atom stereocenters. The fourth-order valence-electron chi connectivity index (χ4n) is 4.07. The van der Waals surface area contributed by atoms with Crippen molar-refractivity contribution in [1.82, 2.24) is 18.8 Å². The lowest BCUT2D eigenvalue weighted by Gasteiger charge is -2.37. The van der Waals surface area contributed by atoms with Crippen LogP contribution >= 0.6 is 0 Å². The van der Waals surface area contributed by atoms with E-state index < -0.39 is 15.6 Å². The number of anilines is 1. The Morgan fingerprint density at radius 3 is 2.60 bits per heavy atom. The second-order valence-electron chi connectivity index (χ2n) is 7.85. The summed E-state index contributed by atoms with van der Waals surface area (Å²) in [5.74, 6) is 0.995. The molecule has 4 rings (SSSR count). The van der Waals surface area contributed by atoms with Crippen LogP contribution < -0.4 is 5.73 Å². The summed E-state index contributed by atoms with van der Waals surface area (Å²) in [6.45, 7) is 3.57. The van der Waals surface area contributed by atoms with Crippen molar-refractivity contribution in [3.63, 3.8) is 0 Å². The molecule has 0 aliphatic carbocycles. The van der Waals surface area contributed by atoms with Gasteiger partial charge < -0.3 is 20.1 Å². The van der Waals surface area contributed by atoms with Crippen molar-refractivity contribution in [3.8, 4) is 0 Å². The molecule has 0 amide bonds. The Hall–Kier alpha value is -2.27. The monoisotopic (exact) mass is 433 g/mol. The normalized spacial score (nSPS) is 17.7. The number of imidazole rings is 1. The van der Waals surface area contributed by atoms with Gasteiger partial charge in [0.05, 0.1) is 29.4 Å². The van der Waals surface area contributed by atoms with E-state index in [0.29, 0.717) is 36.6 Å². The molecule has 3 N–H and O–H groups in total. The van der Waals surface area contributed by atoms with Crippen molar-refractivity contribution in [2.45, 2.75) is 38.5 Å². The van der Waals surface area contributed by atoms with Gasteiger partial charge in [0.1, 0.15) is 17.9 Å². The SMILES string of the molecule is CCOCc1nc2c(N)nc3ccccc3c2n1CC1(O)CCN(S(C)(=O)=O)CC1. The molecule has 3 heterocycles. The summed E-state index contributed by atoms with van der Waals surface area (Å²) >= 11 is 0. The van der Waals surface area contributed by atoms with Gasteiger partial charge in [0, 0.05) is 25.1 Å². The first-order valence-corrected chi connectivity index (χ1v) is 11.9. The van der Waals surface area contributed by atoms with Crippen molar-refractivity contribution in [3.05, 3.63) is 30.1 Å². The number of aliphatic hydroxyl groups is 1. The number of fused-ring (bicyclic) bond motifs is 3. The zero-order chi connectivity index (χ0) is 21.5. The molecule has 1 saturated heterocycles. The topological polar surface area (TPSA) is 124 Å². The largest absolute Gasteiger partial charge is 0.388 e. The summed E-state index contributed by atoms with van der Waals surface area (Å²) in [6.07, 6.45) is 1.88. The molecule has 0 saturated carbocycles. The van der Waals surface area contributed by atoms with Crippen molar-refractivity contribution in [2.24, 2.45) is 0 Å². The van der Waals surface area contributed by atoms with Crippen molar-refractivity contribution in [1.29, 1.82) is 0 Å². The van der Waals surface area contributed by atoms with E-state index in [1.54, 1.807) is 0 Å². The fraction of sp³-hybridized carbons (Fsp3) is 0.500. The Kier molecular flexibility index (Phi) is 5.43. The second kappa shape index (κ2) is 7.77. The van der Waals surface area contributed by atoms with E-state index in [1.165, 1.54) is 10.6 Å². The summed E-state index contributed by atoms with van der Waals surface area (Å²) in [5, 5.41) is 12.2. The first-order chi connectivity index (χ1) is 14.2. The van der Waals surface area contributed by atoms with Gasteiger partial charge in [0.25, 0.3) is 0 Å². The number of hydrogen-bond acceptors (Lipinski definition) is 7. The van der Waals surface area contributed by atoms with Gasteiger partial charge >= 0.3 is 0 Å². The number of nitrogens with two attached hydrogens (primary N) is 1. The average molecular weight is 434 g/mol. The van der Waals surface area contributed by atoms with Gasteiger partial charge in [-0.05, 0) is 25.8 Å². The van der Waals surface area contributed by atoms with Gasteiger partial charge in [-0.2, -0.15) is 0 Å². The number of aromatic nitrogens is 3. The van der Waals surface area contributed by atoms with Gasteiger partial charge in [-0.25, -0.2) is 22.7 Å². The van der Waals surface area contributed by atoms with Crippen LogP contribution in [0.4, 0.5) is 5.82 Å². The summed E-state index contributed by atoms with van der Waals surface area (Å²) in [7, 11) is -3.27. The number of sulfonamides is 1.